The van der Waals surface area contributed by atoms with Crippen LogP contribution in [-0.2, 0) is 4.74 Å². The second kappa shape index (κ2) is 5.46. The molecule has 5 nitrogen and oxygen atoms in total. The number of fused-ring (bicyclic) bond motifs is 1. The number of benzene rings is 1. The molecule has 1 aromatic carbocycles. The molecule has 2 aromatic heterocycles. The molecule has 0 spiro atoms. The predicted octanol–water partition coefficient (Wildman–Crippen LogP) is 2.96. The summed E-state index contributed by atoms with van der Waals surface area (Å²) >= 11 is 1.49. The number of methoxy groups -OCH3 is 1. The number of rotatable bonds is 5. The maximum atomic E-state index is 5.65. The minimum atomic E-state index is 0.539. The molecule has 0 amide bonds. The Morgan fingerprint density at radius 2 is 2.21 bits per heavy atom. The molecule has 6 heteroatoms. The summed E-state index contributed by atoms with van der Waals surface area (Å²) in [5.41, 5.74) is 1.99. The van der Waals surface area contributed by atoms with Crippen molar-refractivity contribution in [2.45, 2.75) is 5.22 Å². The highest BCUT2D eigenvalue weighted by atomic mass is 32.2. The van der Waals surface area contributed by atoms with Crippen molar-refractivity contribution < 1.29 is 9.15 Å². The van der Waals surface area contributed by atoms with Crippen molar-refractivity contribution in [1.29, 1.82) is 0 Å². The van der Waals surface area contributed by atoms with E-state index in [-0.39, 0.29) is 0 Å². The summed E-state index contributed by atoms with van der Waals surface area (Å²) in [7, 11) is 1.67. The average Bonchev–Trinajstić information content (AvgIpc) is 3.05. The normalized spacial score (nSPS) is 11.2. The Hall–Kier alpha value is -1.79. The second-order valence-electron chi connectivity index (χ2n) is 3.96. The quantitative estimate of drug-likeness (QED) is 0.573. The van der Waals surface area contributed by atoms with E-state index < -0.39 is 0 Å². The molecule has 0 saturated heterocycles. The number of ether oxygens (including phenoxy) is 1. The molecule has 1 N–H and O–H groups in total. The van der Waals surface area contributed by atoms with E-state index in [1.54, 1.807) is 7.11 Å². The third-order valence-corrected chi connectivity index (χ3v) is 3.52. The van der Waals surface area contributed by atoms with E-state index in [0.717, 1.165) is 22.2 Å². The lowest BCUT2D eigenvalue weighted by Gasteiger charge is -1.94. The zero-order chi connectivity index (χ0) is 13.1. The van der Waals surface area contributed by atoms with Gasteiger partial charge >= 0.3 is 0 Å². The van der Waals surface area contributed by atoms with Gasteiger partial charge in [-0.3, -0.25) is 0 Å². The monoisotopic (exact) mass is 275 g/mol. The highest BCUT2D eigenvalue weighted by Gasteiger charge is 2.13. The Balaban J connectivity index is 1.86. The highest BCUT2D eigenvalue weighted by molar-refractivity contribution is 7.99. The molecular formula is C13H13N3O2S. The summed E-state index contributed by atoms with van der Waals surface area (Å²) in [6.07, 6.45) is 1.89. The first-order valence-corrected chi connectivity index (χ1v) is 6.89. The molecule has 0 aliphatic rings. The number of hydrogen-bond donors (Lipinski definition) is 1. The van der Waals surface area contributed by atoms with Crippen LogP contribution in [-0.4, -0.2) is 34.7 Å². The molecule has 0 fully saturated rings. The summed E-state index contributed by atoms with van der Waals surface area (Å²) in [6, 6.07) is 8.03. The fourth-order valence-electron chi connectivity index (χ4n) is 1.84. The molecule has 98 valence electrons. The summed E-state index contributed by atoms with van der Waals surface area (Å²) in [4.78, 5) is 3.19. The lowest BCUT2D eigenvalue weighted by Crippen LogP contribution is -1.90. The van der Waals surface area contributed by atoms with Crippen LogP contribution in [0.4, 0.5) is 0 Å². The van der Waals surface area contributed by atoms with Crippen LogP contribution < -0.4 is 0 Å². The van der Waals surface area contributed by atoms with E-state index in [0.29, 0.717) is 17.7 Å². The average molecular weight is 275 g/mol. The number of nitrogens with one attached hydrogen (secondary N) is 1. The lowest BCUT2D eigenvalue weighted by molar-refractivity contribution is 0.218. The smallest absolute Gasteiger partial charge is 0.276 e. The number of hydrogen-bond acceptors (Lipinski definition) is 5. The van der Waals surface area contributed by atoms with E-state index >= 15 is 0 Å². The predicted molar refractivity (Wildman–Crippen MR) is 74.2 cm³/mol. The van der Waals surface area contributed by atoms with Crippen LogP contribution >= 0.6 is 11.8 Å². The van der Waals surface area contributed by atoms with Crippen molar-refractivity contribution in [3.8, 4) is 11.5 Å². The molecule has 0 saturated carbocycles. The number of nitrogens with zero attached hydrogens (tertiary/aromatic N) is 2. The highest BCUT2D eigenvalue weighted by Crippen LogP contribution is 2.29. The number of aromatic nitrogens is 3. The summed E-state index contributed by atoms with van der Waals surface area (Å²) in [5, 5.41) is 9.77. The van der Waals surface area contributed by atoms with Gasteiger partial charge in [0.2, 0.25) is 0 Å². The van der Waals surface area contributed by atoms with Crippen LogP contribution in [0.1, 0.15) is 0 Å². The summed E-state index contributed by atoms with van der Waals surface area (Å²) in [5.74, 6) is 1.34. The van der Waals surface area contributed by atoms with Crippen molar-refractivity contribution in [1.82, 2.24) is 15.2 Å². The third-order valence-electron chi connectivity index (χ3n) is 2.74. The largest absolute Gasteiger partial charge is 0.411 e. The SMILES string of the molecule is COCCSc1nnc(-c2c[nH]c3ccccc23)o1. The Morgan fingerprint density at radius 1 is 1.32 bits per heavy atom. The van der Waals surface area contributed by atoms with Gasteiger partial charge in [0.15, 0.2) is 0 Å². The fraction of sp³-hybridized carbons (Fsp3) is 0.231. The van der Waals surface area contributed by atoms with Crippen molar-refractivity contribution in [2.75, 3.05) is 19.5 Å². The third kappa shape index (κ3) is 2.50. The van der Waals surface area contributed by atoms with E-state index in [9.17, 15) is 0 Å². The molecule has 0 aliphatic carbocycles. The van der Waals surface area contributed by atoms with Gasteiger partial charge in [0.1, 0.15) is 0 Å². The van der Waals surface area contributed by atoms with Crippen molar-refractivity contribution in [3.05, 3.63) is 30.5 Å². The second-order valence-corrected chi connectivity index (χ2v) is 5.01. The van der Waals surface area contributed by atoms with Crippen LogP contribution in [0.25, 0.3) is 22.4 Å². The van der Waals surface area contributed by atoms with Crippen molar-refractivity contribution in [3.63, 3.8) is 0 Å². The number of H-pyrrole nitrogens is 1. The molecule has 2 heterocycles. The molecule has 3 aromatic rings. The summed E-state index contributed by atoms with van der Waals surface area (Å²) < 4.78 is 10.6. The molecular weight excluding hydrogens is 262 g/mol. The maximum absolute atomic E-state index is 5.65. The van der Waals surface area contributed by atoms with Gasteiger partial charge < -0.3 is 14.1 Å². The minimum absolute atomic E-state index is 0.539. The maximum Gasteiger partial charge on any atom is 0.276 e. The molecule has 0 unspecified atom stereocenters. The van der Waals surface area contributed by atoms with Crippen LogP contribution in [0.3, 0.4) is 0 Å². The van der Waals surface area contributed by atoms with Gasteiger partial charge in [-0.1, -0.05) is 30.0 Å². The lowest BCUT2D eigenvalue weighted by atomic mass is 10.2. The number of thioether (sulfide) groups is 1. The Labute approximate surface area is 114 Å². The van der Waals surface area contributed by atoms with Gasteiger partial charge in [-0.15, -0.1) is 10.2 Å². The van der Waals surface area contributed by atoms with Crippen molar-refractivity contribution in [2.24, 2.45) is 0 Å². The van der Waals surface area contributed by atoms with Gasteiger partial charge in [0.05, 0.1) is 12.2 Å². The molecule has 0 atom stereocenters. The van der Waals surface area contributed by atoms with E-state index in [1.807, 2.05) is 30.5 Å². The Bertz CT molecular complexity index is 677. The molecule has 0 bridgehead atoms. The van der Waals surface area contributed by atoms with Gasteiger partial charge in [0.25, 0.3) is 11.1 Å². The Kier molecular flexibility index (Phi) is 3.52. The van der Waals surface area contributed by atoms with Gasteiger partial charge in [0, 0.05) is 30.0 Å². The van der Waals surface area contributed by atoms with Crippen LogP contribution in [0.5, 0.6) is 0 Å². The molecule has 0 radical (unpaired) electrons. The fourth-order valence-corrected chi connectivity index (χ4v) is 2.50. The van der Waals surface area contributed by atoms with Gasteiger partial charge in [-0.05, 0) is 6.07 Å². The zero-order valence-corrected chi connectivity index (χ0v) is 11.2. The van der Waals surface area contributed by atoms with Gasteiger partial charge in [-0.25, -0.2) is 0 Å². The number of aromatic amines is 1. The first kappa shape index (κ1) is 12.3. The van der Waals surface area contributed by atoms with Crippen LogP contribution in [0, 0.1) is 0 Å². The van der Waals surface area contributed by atoms with E-state index in [4.69, 9.17) is 9.15 Å². The van der Waals surface area contributed by atoms with Crippen LogP contribution in [0.15, 0.2) is 40.1 Å². The van der Waals surface area contributed by atoms with E-state index in [1.165, 1.54) is 11.8 Å². The molecule has 3 rings (SSSR count). The standard InChI is InChI=1S/C13H13N3O2S/c1-17-6-7-19-13-16-15-12(18-13)10-8-14-11-5-3-2-4-9(10)11/h2-5,8,14H,6-7H2,1H3. The van der Waals surface area contributed by atoms with Crippen LogP contribution in [0.2, 0.25) is 0 Å². The molecule has 19 heavy (non-hydrogen) atoms. The minimum Gasteiger partial charge on any atom is -0.411 e. The molecule has 0 aliphatic heterocycles. The van der Waals surface area contributed by atoms with E-state index in [2.05, 4.69) is 15.2 Å². The first-order chi connectivity index (χ1) is 9.38. The summed E-state index contributed by atoms with van der Waals surface area (Å²) in [6.45, 7) is 0.662. The number of para-hydroxylation sites is 1. The zero-order valence-electron chi connectivity index (χ0n) is 10.4. The Morgan fingerprint density at radius 3 is 3.11 bits per heavy atom. The topological polar surface area (TPSA) is 63.9 Å². The van der Waals surface area contributed by atoms with Crippen molar-refractivity contribution >= 4 is 22.7 Å². The van der Waals surface area contributed by atoms with Gasteiger partial charge in [-0.2, -0.15) is 0 Å². The first-order valence-electron chi connectivity index (χ1n) is 5.90.